The molecule has 2 aromatic rings. The van der Waals surface area contributed by atoms with Gasteiger partial charge in [0.05, 0.1) is 12.7 Å². The first kappa shape index (κ1) is 18.7. The molecule has 1 unspecified atom stereocenters. The van der Waals surface area contributed by atoms with Crippen LogP contribution in [-0.2, 0) is 4.43 Å². The van der Waals surface area contributed by atoms with Crippen molar-refractivity contribution in [1.29, 1.82) is 0 Å². The normalized spacial score (nSPS) is 14.0. The fourth-order valence-electron chi connectivity index (χ4n) is 3.25. The minimum absolute atomic E-state index is 0.0641. The molecule has 3 heteroatoms. The van der Waals surface area contributed by atoms with Crippen LogP contribution in [-0.4, -0.2) is 26.1 Å². The van der Waals surface area contributed by atoms with Crippen LogP contribution in [0.3, 0.4) is 0 Å². The third-order valence-corrected chi connectivity index (χ3v) is 9.31. The lowest BCUT2D eigenvalue weighted by molar-refractivity contribution is 0.138. The van der Waals surface area contributed by atoms with Crippen LogP contribution in [0.25, 0.3) is 0 Å². The van der Waals surface area contributed by atoms with E-state index >= 15 is 0 Å². The predicted molar refractivity (Wildman–Crippen MR) is 104 cm³/mol. The number of aliphatic hydroxyl groups is 1. The highest BCUT2D eigenvalue weighted by molar-refractivity contribution is 6.99. The van der Waals surface area contributed by atoms with Crippen LogP contribution in [0.1, 0.15) is 27.7 Å². The number of rotatable bonds is 6. The molecule has 0 aromatic heterocycles. The van der Waals surface area contributed by atoms with Crippen LogP contribution in [0, 0.1) is 0 Å². The molecule has 0 saturated carbocycles. The van der Waals surface area contributed by atoms with Crippen LogP contribution in [0.4, 0.5) is 0 Å². The number of hydrogen-bond acceptors (Lipinski definition) is 2. The second kappa shape index (κ2) is 7.93. The highest BCUT2D eigenvalue weighted by Crippen LogP contribution is 2.36. The molecular weight excluding hydrogens is 312 g/mol. The Hall–Kier alpha value is -1.68. The molecule has 2 nitrogen and oxygen atoms in total. The monoisotopic (exact) mass is 340 g/mol. The van der Waals surface area contributed by atoms with E-state index in [1.165, 1.54) is 10.4 Å². The van der Waals surface area contributed by atoms with Gasteiger partial charge in [-0.25, -0.2) is 0 Å². The zero-order valence-electron chi connectivity index (χ0n) is 15.1. The molecule has 2 aromatic carbocycles. The first-order valence-electron chi connectivity index (χ1n) is 8.47. The first-order valence-corrected chi connectivity index (χ1v) is 10.4. The van der Waals surface area contributed by atoms with Crippen LogP contribution < -0.4 is 10.4 Å². The fourth-order valence-corrected chi connectivity index (χ4v) is 7.83. The van der Waals surface area contributed by atoms with Crippen LogP contribution in [0.2, 0.25) is 5.04 Å². The second-order valence-corrected chi connectivity index (χ2v) is 11.4. The Labute approximate surface area is 146 Å². The van der Waals surface area contributed by atoms with Gasteiger partial charge in [-0.15, -0.1) is 0 Å². The van der Waals surface area contributed by atoms with Gasteiger partial charge in [0.1, 0.15) is 0 Å². The van der Waals surface area contributed by atoms with E-state index in [9.17, 15) is 5.11 Å². The molecule has 0 aliphatic carbocycles. The Morgan fingerprint density at radius 3 is 1.79 bits per heavy atom. The van der Waals surface area contributed by atoms with Gasteiger partial charge < -0.3 is 9.53 Å². The topological polar surface area (TPSA) is 29.5 Å². The maximum Gasteiger partial charge on any atom is 0.261 e. The minimum Gasteiger partial charge on any atom is -0.404 e. The Kier molecular flexibility index (Phi) is 6.16. The van der Waals surface area contributed by atoms with Crippen LogP contribution >= 0.6 is 0 Å². The van der Waals surface area contributed by atoms with E-state index in [2.05, 4.69) is 69.3 Å². The maximum absolute atomic E-state index is 10.2. The molecule has 0 bridgehead atoms. The smallest absolute Gasteiger partial charge is 0.261 e. The standard InChI is InChI=1S/C21H28O2Si/c1-5-12-18(22)17-23-24(21(2,3)4,19-13-8-6-9-14-19)20-15-10-7-11-16-20/h5-16,18,22H,17H2,1-4H3/b12-5+. The summed E-state index contributed by atoms with van der Waals surface area (Å²) in [5, 5.41) is 12.6. The molecule has 0 fully saturated rings. The molecule has 1 atom stereocenters. The van der Waals surface area contributed by atoms with Gasteiger partial charge in [-0.2, -0.15) is 0 Å². The zero-order chi connectivity index (χ0) is 17.6. The van der Waals surface area contributed by atoms with Crippen LogP contribution in [0.15, 0.2) is 72.8 Å². The second-order valence-electron chi connectivity index (χ2n) is 7.07. The summed E-state index contributed by atoms with van der Waals surface area (Å²) >= 11 is 0. The van der Waals surface area contributed by atoms with Gasteiger partial charge in [0.15, 0.2) is 0 Å². The quantitative estimate of drug-likeness (QED) is 0.644. The van der Waals surface area contributed by atoms with Crippen molar-refractivity contribution in [2.24, 2.45) is 0 Å². The molecule has 24 heavy (non-hydrogen) atoms. The lowest BCUT2D eigenvalue weighted by Gasteiger charge is -2.43. The fraction of sp³-hybridized carbons (Fsp3) is 0.333. The lowest BCUT2D eigenvalue weighted by Crippen LogP contribution is -2.67. The number of aliphatic hydroxyl groups excluding tert-OH is 1. The maximum atomic E-state index is 10.2. The number of benzene rings is 2. The van der Waals surface area contributed by atoms with Crippen molar-refractivity contribution in [3.8, 4) is 0 Å². The highest BCUT2D eigenvalue weighted by atomic mass is 28.4. The van der Waals surface area contributed by atoms with Gasteiger partial charge in [-0.3, -0.25) is 0 Å². The molecule has 128 valence electrons. The summed E-state index contributed by atoms with van der Waals surface area (Å²) in [7, 11) is -2.54. The van der Waals surface area contributed by atoms with E-state index < -0.39 is 14.4 Å². The van der Waals surface area contributed by atoms with Gasteiger partial charge in [-0.05, 0) is 22.3 Å². The summed E-state index contributed by atoms with van der Waals surface area (Å²) in [5.74, 6) is 0. The summed E-state index contributed by atoms with van der Waals surface area (Å²) in [6, 6.07) is 21.0. The van der Waals surface area contributed by atoms with Crippen molar-refractivity contribution in [1.82, 2.24) is 0 Å². The molecule has 0 amide bonds. The summed E-state index contributed by atoms with van der Waals surface area (Å²) in [6.07, 6.45) is 3.05. The van der Waals surface area contributed by atoms with E-state index in [4.69, 9.17) is 4.43 Å². The molecule has 2 rings (SSSR count). The summed E-state index contributed by atoms with van der Waals surface area (Å²) < 4.78 is 6.62. The van der Waals surface area contributed by atoms with Crippen molar-refractivity contribution in [2.45, 2.75) is 38.8 Å². The molecule has 0 aliphatic heterocycles. The van der Waals surface area contributed by atoms with Crippen molar-refractivity contribution in [3.05, 3.63) is 72.8 Å². The first-order chi connectivity index (χ1) is 11.4. The largest absolute Gasteiger partial charge is 0.404 e. The van der Waals surface area contributed by atoms with Crippen molar-refractivity contribution in [3.63, 3.8) is 0 Å². The number of allylic oxidation sites excluding steroid dienone is 1. The van der Waals surface area contributed by atoms with Gasteiger partial charge in [0.2, 0.25) is 0 Å². The summed E-state index contributed by atoms with van der Waals surface area (Å²) in [6.45, 7) is 8.92. The van der Waals surface area contributed by atoms with Crippen molar-refractivity contribution < 1.29 is 9.53 Å². The van der Waals surface area contributed by atoms with Crippen molar-refractivity contribution in [2.75, 3.05) is 6.61 Å². The van der Waals surface area contributed by atoms with E-state index in [1.54, 1.807) is 6.08 Å². The van der Waals surface area contributed by atoms with E-state index in [0.29, 0.717) is 6.61 Å². The highest BCUT2D eigenvalue weighted by Gasteiger charge is 2.50. The van der Waals surface area contributed by atoms with Gasteiger partial charge in [-0.1, -0.05) is 93.6 Å². The molecule has 0 heterocycles. The average molecular weight is 341 g/mol. The Morgan fingerprint density at radius 1 is 0.958 bits per heavy atom. The lowest BCUT2D eigenvalue weighted by atomic mass is 10.2. The van der Waals surface area contributed by atoms with Crippen molar-refractivity contribution >= 4 is 18.7 Å². The van der Waals surface area contributed by atoms with E-state index in [-0.39, 0.29) is 5.04 Å². The molecule has 0 spiro atoms. The summed E-state index contributed by atoms with van der Waals surface area (Å²) in [5.41, 5.74) is 0. The van der Waals surface area contributed by atoms with Gasteiger partial charge >= 0.3 is 0 Å². The molecule has 1 N–H and O–H groups in total. The molecule has 0 radical (unpaired) electrons. The zero-order valence-corrected chi connectivity index (χ0v) is 16.1. The third kappa shape index (κ3) is 3.86. The minimum atomic E-state index is -2.54. The Bertz CT molecular complexity index is 605. The predicted octanol–water partition coefficient (Wildman–Crippen LogP) is 3.50. The third-order valence-electron chi connectivity index (χ3n) is 4.30. The van der Waals surface area contributed by atoms with Crippen LogP contribution in [0.5, 0.6) is 0 Å². The molecule has 0 saturated heterocycles. The van der Waals surface area contributed by atoms with E-state index in [1.807, 2.05) is 25.1 Å². The molecular formula is C21H28O2Si. The summed E-state index contributed by atoms with van der Waals surface area (Å²) in [4.78, 5) is 0. The van der Waals surface area contributed by atoms with E-state index in [0.717, 1.165) is 0 Å². The van der Waals surface area contributed by atoms with Gasteiger partial charge in [0, 0.05) is 0 Å². The Morgan fingerprint density at radius 2 is 1.42 bits per heavy atom. The Balaban J connectivity index is 2.57. The number of hydrogen-bond donors (Lipinski definition) is 1. The van der Waals surface area contributed by atoms with Gasteiger partial charge in [0.25, 0.3) is 8.32 Å². The average Bonchev–Trinajstić information content (AvgIpc) is 2.56. The SMILES string of the molecule is C/C=C/C(O)CO[Si](c1ccccc1)(c1ccccc1)C(C)(C)C. The molecule has 0 aliphatic rings.